The average molecular weight is 411 g/mol. The van der Waals surface area contributed by atoms with Crippen LogP contribution in [0.4, 0.5) is 4.39 Å². The summed E-state index contributed by atoms with van der Waals surface area (Å²) in [5.74, 6) is -1.19. The minimum Gasteiger partial charge on any atom is -0.458 e. The number of aromatic nitrogens is 1. The topological polar surface area (TPSA) is 83.0 Å². The summed E-state index contributed by atoms with van der Waals surface area (Å²) in [6.07, 6.45) is -0.548. The zero-order valence-electron chi connectivity index (χ0n) is 15.0. The van der Waals surface area contributed by atoms with Gasteiger partial charge >= 0.3 is 5.97 Å². The van der Waals surface area contributed by atoms with Gasteiger partial charge < -0.3 is 9.72 Å². The Hall–Kier alpha value is -2.36. The molecular weight excluding hydrogens is 394 g/mol. The number of nitrogens with zero attached hydrogens (tertiary/aromatic N) is 1. The largest absolute Gasteiger partial charge is 0.458 e. The third-order valence-electron chi connectivity index (χ3n) is 4.29. The van der Waals surface area contributed by atoms with Crippen LogP contribution in [0.25, 0.3) is 0 Å². The Bertz CT molecular complexity index is 996. The van der Waals surface area contributed by atoms with Crippen LogP contribution in [0, 0.1) is 31.0 Å². The summed E-state index contributed by atoms with van der Waals surface area (Å²) >= 11 is 12.0. The zero-order valence-corrected chi connectivity index (χ0v) is 16.5. The number of esters is 1. The van der Waals surface area contributed by atoms with E-state index in [1.807, 2.05) is 6.07 Å². The molecule has 0 amide bonds. The molecule has 0 radical (unpaired) electrons. The lowest BCUT2D eigenvalue weighted by Gasteiger charge is -2.17. The molecule has 27 heavy (non-hydrogen) atoms. The summed E-state index contributed by atoms with van der Waals surface area (Å²) in [5.41, 5.74) is 1.61. The van der Waals surface area contributed by atoms with Crippen molar-refractivity contribution in [3.05, 3.63) is 66.3 Å². The summed E-state index contributed by atoms with van der Waals surface area (Å²) in [7, 11) is 0. The second-order valence-corrected chi connectivity index (χ2v) is 6.84. The summed E-state index contributed by atoms with van der Waals surface area (Å²) in [6.45, 7) is 4.91. The van der Waals surface area contributed by atoms with Gasteiger partial charge in [0.15, 0.2) is 0 Å². The molecule has 0 saturated carbocycles. The molecule has 0 fully saturated rings. The number of carbonyl (C=O) groups excluding carboxylic acids is 1. The Balaban J connectivity index is 2.13. The van der Waals surface area contributed by atoms with Gasteiger partial charge in [-0.1, -0.05) is 23.2 Å². The number of hydrogen-bond acceptors (Lipinski definition) is 4. The SMILES string of the molecule is Cc1[nH]c(=O)c(C#N)c(C)c1CCC(=O)OC(C)c1c(Cl)ccc(F)c1Cl. The van der Waals surface area contributed by atoms with Gasteiger partial charge in [0, 0.05) is 22.7 Å². The third kappa shape index (κ3) is 4.49. The number of nitriles is 1. The highest BCUT2D eigenvalue weighted by Crippen LogP contribution is 2.34. The van der Waals surface area contributed by atoms with Crippen molar-refractivity contribution in [1.82, 2.24) is 4.98 Å². The number of benzene rings is 1. The van der Waals surface area contributed by atoms with E-state index in [0.29, 0.717) is 16.8 Å². The molecule has 1 unspecified atom stereocenters. The van der Waals surface area contributed by atoms with Crippen LogP contribution in [0.15, 0.2) is 16.9 Å². The van der Waals surface area contributed by atoms with Gasteiger partial charge in [-0.15, -0.1) is 0 Å². The number of carbonyl (C=O) groups is 1. The van der Waals surface area contributed by atoms with Crippen LogP contribution in [0.5, 0.6) is 0 Å². The number of ether oxygens (including phenoxy) is 1. The first kappa shape index (κ1) is 20.9. The standard InChI is InChI=1S/C19H17Cl2FN2O3/c1-9-12(10(2)24-19(26)13(9)8-23)4-7-16(25)27-11(3)17-14(20)5-6-15(22)18(17)21/h5-6,11H,4,7H2,1-3H3,(H,24,26). The number of rotatable bonds is 5. The van der Waals surface area contributed by atoms with E-state index in [1.165, 1.54) is 6.07 Å². The smallest absolute Gasteiger partial charge is 0.306 e. The van der Waals surface area contributed by atoms with E-state index < -0.39 is 23.4 Å². The number of halogens is 3. The molecule has 8 heteroatoms. The van der Waals surface area contributed by atoms with E-state index in [9.17, 15) is 14.0 Å². The van der Waals surface area contributed by atoms with Gasteiger partial charge in [0.2, 0.25) is 0 Å². The van der Waals surface area contributed by atoms with Gasteiger partial charge in [0.25, 0.3) is 5.56 Å². The minimum absolute atomic E-state index is 0.00743. The van der Waals surface area contributed by atoms with Crippen LogP contribution < -0.4 is 5.56 Å². The van der Waals surface area contributed by atoms with Crippen molar-refractivity contribution >= 4 is 29.2 Å². The summed E-state index contributed by atoms with van der Waals surface area (Å²) in [4.78, 5) is 26.6. The van der Waals surface area contributed by atoms with Crippen LogP contribution in [-0.4, -0.2) is 11.0 Å². The van der Waals surface area contributed by atoms with Crippen molar-refractivity contribution in [2.45, 2.75) is 39.7 Å². The minimum atomic E-state index is -0.833. The number of aromatic amines is 1. The summed E-state index contributed by atoms with van der Waals surface area (Å²) < 4.78 is 19.0. The quantitative estimate of drug-likeness (QED) is 0.578. The normalized spacial score (nSPS) is 11.7. The van der Waals surface area contributed by atoms with Gasteiger partial charge in [-0.2, -0.15) is 5.26 Å². The van der Waals surface area contributed by atoms with Gasteiger partial charge in [0.1, 0.15) is 23.6 Å². The zero-order chi connectivity index (χ0) is 20.3. The summed E-state index contributed by atoms with van der Waals surface area (Å²) in [6, 6.07) is 4.35. The first-order valence-corrected chi connectivity index (χ1v) is 8.88. The first-order valence-electron chi connectivity index (χ1n) is 8.12. The Labute approximate surface area is 165 Å². The second kappa shape index (κ2) is 8.55. The van der Waals surface area contributed by atoms with Crippen LogP contribution >= 0.6 is 23.2 Å². The Morgan fingerprint density at radius 1 is 1.37 bits per heavy atom. The Morgan fingerprint density at radius 2 is 2.04 bits per heavy atom. The van der Waals surface area contributed by atoms with Crippen LogP contribution in [0.1, 0.15) is 47.4 Å². The molecule has 1 heterocycles. The lowest BCUT2D eigenvalue weighted by atomic mass is 9.99. The molecule has 5 nitrogen and oxygen atoms in total. The van der Waals surface area contributed by atoms with Crippen LogP contribution in [0.2, 0.25) is 10.0 Å². The molecule has 0 bridgehead atoms. The Morgan fingerprint density at radius 3 is 2.67 bits per heavy atom. The van der Waals surface area contributed by atoms with E-state index in [0.717, 1.165) is 6.07 Å². The lowest BCUT2D eigenvalue weighted by molar-refractivity contribution is -0.148. The maximum Gasteiger partial charge on any atom is 0.306 e. The number of pyridine rings is 1. The highest BCUT2D eigenvalue weighted by atomic mass is 35.5. The maximum atomic E-state index is 13.6. The molecule has 142 valence electrons. The molecule has 1 aromatic carbocycles. The predicted molar refractivity (Wildman–Crippen MR) is 100 cm³/mol. The highest BCUT2D eigenvalue weighted by molar-refractivity contribution is 6.36. The van der Waals surface area contributed by atoms with Crippen molar-refractivity contribution in [3.8, 4) is 6.07 Å². The number of H-pyrrole nitrogens is 1. The van der Waals surface area contributed by atoms with Crippen molar-refractivity contribution in [2.75, 3.05) is 0 Å². The molecule has 0 aliphatic heterocycles. The van der Waals surface area contributed by atoms with Gasteiger partial charge in [-0.25, -0.2) is 4.39 Å². The van der Waals surface area contributed by atoms with E-state index in [1.54, 1.807) is 20.8 Å². The summed E-state index contributed by atoms with van der Waals surface area (Å²) in [5, 5.41) is 9.11. The monoisotopic (exact) mass is 410 g/mol. The average Bonchev–Trinajstić information content (AvgIpc) is 2.58. The first-order chi connectivity index (χ1) is 12.7. The predicted octanol–water partition coefficient (Wildman–Crippen LogP) is 4.55. The molecule has 0 spiro atoms. The van der Waals surface area contributed by atoms with Crippen LogP contribution in [0.3, 0.4) is 0 Å². The van der Waals surface area contributed by atoms with Crippen molar-refractivity contribution in [2.24, 2.45) is 0 Å². The molecule has 1 atom stereocenters. The fraction of sp³-hybridized carbons (Fsp3) is 0.316. The van der Waals surface area contributed by atoms with Crippen LogP contribution in [-0.2, 0) is 16.0 Å². The van der Waals surface area contributed by atoms with E-state index in [-0.39, 0.29) is 34.0 Å². The molecule has 2 aromatic rings. The molecule has 0 saturated heterocycles. The lowest BCUT2D eigenvalue weighted by Crippen LogP contribution is -2.17. The van der Waals surface area contributed by atoms with E-state index >= 15 is 0 Å². The highest BCUT2D eigenvalue weighted by Gasteiger charge is 2.21. The third-order valence-corrected chi connectivity index (χ3v) is 5.01. The van der Waals surface area contributed by atoms with Crippen molar-refractivity contribution in [3.63, 3.8) is 0 Å². The fourth-order valence-corrected chi connectivity index (χ4v) is 3.56. The van der Waals surface area contributed by atoms with E-state index in [2.05, 4.69) is 4.98 Å². The van der Waals surface area contributed by atoms with Gasteiger partial charge in [-0.05, 0) is 50.5 Å². The molecule has 0 aliphatic rings. The Kier molecular flexibility index (Phi) is 6.63. The molecule has 1 aromatic heterocycles. The molecule has 0 aliphatic carbocycles. The fourth-order valence-electron chi connectivity index (χ4n) is 2.88. The second-order valence-electron chi connectivity index (χ2n) is 6.06. The molecule has 2 rings (SSSR count). The van der Waals surface area contributed by atoms with Gasteiger partial charge in [0.05, 0.1) is 5.02 Å². The number of nitrogens with one attached hydrogen (secondary N) is 1. The van der Waals surface area contributed by atoms with Gasteiger partial charge in [-0.3, -0.25) is 9.59 Å². The van der Waals surface area contributed by atoms with Crippen molar-refractivity contribution < 1.29 is 13.9 Å². The maximum absolute atomic E-state index is 13.6. The van der Waals surface area contributed by atoms with Crippen molar-refractivity contribution in [1.29, 1.82) is 5.26 Å². The van der Waals surface area contributed by atoms with E-state index in [4.69, 9.17) is 33.2 Å². The number of hydrogen-bond donors (Lipinski definition) is 1. The number of aryl methyl sites for hydroxylation is 1. The molecular formula is C19H17Cl2FN2O3. The molecule has 1 N–H and O–H groups in total.